The molecule has 0 saturated heterocycles. The second kappa shape index (κ2) is 6.92. The third-order valence-corrected chi connectivity index (χ3v) is 4.96. The quantitative estimate of drug-likeness (QED) is 0.586. The highest BCUT2D eigenvalue weighted by Gasteiger charge is 2.35. The molecule has 0 bridgehead atoms. The summed E-state index contributed by atoms with van der Waals surface area (Å²) < 4.78 is 6.60. The number of amides is 1. The zero-order valence-corrected chi connectivity index (χ0v) is 15.8. The molecule has 0 N–H and O–H groups in total. The van der Waals surface area contributed by atoms with E-state index in [2.05, 4.69) is 21.0 Å². The van der Waals surface area contributed by atoms with Crippen LogP contribution in [-0.2, 0) is 0 Å². The van der Waals surface area contributed by atoms with Crippen molar-refractivity contribution in [2.75, 3.05) is 0 Å². The Balaban J connectivity index is 1.72. The molecule has 0 radical (unpaired) electrons. The van der Waals surface area contributed by atoms with Gasteiger partial charge in [-0.25, -0.2) is 5.01 Å². The molecular weight excluding hydrogens is 392 g/mol. The zero-order chi connectivity index (χ0) is 18.1. The van der Waals surface area contributed by atoms with Crippen molar-refractivity contribution in [1.29, 1.82) is 0 Å². The van der Waals surface area contributed by atoms with Gasteiger partial charge in [-0.3, -0.25) is 4.79 Å². The first-order valence-corrected chi connectivity index (χ1v) is 9.18. The number of hydrogen-bond donors (Lipinski definition) is 0. The lowest BCUT2D eigenvalue weighted by Gasteiger charge is -2.20. The van der Waals surface area contributed by atoms with E-state index in [1.54, 1.807) is 11.3 Å². The van der Waals surface area contributed by atoms with Crippen molar-refractivity contribution in [3.63, 3.8) is 0 Å². The van der Waals surface area contributed by atoms with E-state index >= 15 is 0 Å². The second-order valence-corrected chi connectivity index (χ2v) is 7.22. The second-order valence-electron chi connectivity index (χ2n) is 6.31. The van der Waals surface area contributed by atoms with Gasteiger partial charge in [0.1, 0.15) is 11.8 Å². The van der Waals surface area contributed by atoms with E-state index in [0.29, 0.717) is 12.0 Å². The molecule has 4 nitrogen and oxygen atoms in total. The van der Waals surface area contributed by atoms with Crippen molar-refractivity contribution < 1.29 is 9.21 Å². The van der Waals surface area contributed by atoms with Gasteiger partial charge in [-0.2, -0.15) is 5.10 Å². The van der Waals surface area contributed by atoms with Crippen LogP contribution in [0, 0.1) is 6.92 Å². The number of rotatable bonds is 3. The minimum atomic E-state index is -0.239. The van der Waals surface area contributed by atoms with E-state index in [1.165, 1.54) is 0 Å². The number of carbonyl (C=O) groups is 1. The fourth-order valence-electron chi connectivity index (χ4n) is 3.13. The molecule has 26 heavy (non-hydrogen) atoms. The van der Waals surface area contributed by atoms with E-state index in [4.69, 9.17) is 4.42 Å². The number of benzene rings is 2. The normalized spacial score (nSPS) is 16.6. The zero-order valence-electron chi connectivity index (χ0n) is 14.2. The lowest BCUT2D eigenvalue weighted by Crippen LogP contribution is -2.26. The number of furan rings is 1. The molecule has 0 saturated carbocycles. The maximum Gasteiger partial charge on any atom is 0.274 e. The Kier molecular flexibility index (Phi) is 4.47. The fraction of sp³-hybridized carbons (Fsp3) is 0.143. The highest BCUT2D eigenvalue weighted by molar-refractivity contribution is 9.10. The maximum absolute atomic E-state index is 13.1. The molecule has 0 unspecified atom stereocenters. The molecule has 5 heteroatoms. The highest BCUT2D eigenvalue weighted by Crippen LogP contribution is 2.34. The summed E-state index contributed by atoms with van der Waals surface area (Å²) in [5.74, 6) is 0.615. The predicted molar refractivity (Wildman–Crippen MR) is 104 cm³/mol. The van der Waals surface area contributed by atoms with Crippen LogP contribution in [0.5, 0.6) is 0 Å². The smallest absolute Gasteiger partial charge is 0.274 e. The van der Waals surface area contributed by atoms with Crippen molar-refractivity contribution in [1.82, 2.24) is 5.01 Å². The van der Waals surface area contributed by atoms with Gasteiger partial charge >= 0.3 is 0 Å². The Morgan fingerprint density at radius 1 is 1.15 bits per heavy atom. The summed E-state index contributed by atoms with van der Waals surface area (Å²) in [6.45, 7) is 1.97. The molecule has 0 fully saturated rings. The van der Waals surface area contributed by atoms with Gasteiger partial charge < -0.3 is 4.42 Å². The SMILES string of the molecule is Cc1cccc(C(=O)N2N=C(c3ccc(Br)cc3)C[C@@H]2c2ccco2)c1. The first kappa shape index (κ1) is 16.8. The molecular formula is C21H17BrN2O2. The van der Waals surface area contributed by atoms with Crippen LogP contribution in [0.1, 0.15) is 39.7 Å². The summed E-state index contributed by atoms with van der Waals surface area (Å²) in [6.07, 6.45) is 2.25. The van der Waals surface area contributed by atoms with Crippen LogP contribution in [0.25, 0.3) is 0 Å². The van der Waals surface area contributed by atoms with Gasteiger partial charge in [-0.15, -0.1) is 0 Å². The van der Waals surface area contributed by atoms with Gasteiger partial charge in [0.25, 0.3) is 5.91 Å². The number of hydrogen-bond acceptors (Lipinski definition) is 3. The van der Waals surface area contributed by atoms with E-state index in [1.807, 2.05) is 67.6 Å². The van der Waals surface area contributed by atoms with Crippen LogP contribution in [0.15, 0.2) is 80.9 Å². The van der Waals surface area contributed by atoms with E-state index in [-0.39, 0.29) is 11.9 Å². The van der Waals surface area contributed by atoms with Gasteiger partial charge in [0.2, 0.25) is 0 Å². The third-order valence-electron chi connectivity index (χ3n) is 4.43. The Hall–Kier alpha value is -2.66. The molecule has 2 heterocycles. The molecule has 1 atom stereocenters. The lowest BCUT2D eigenvalue weighted by molar-refractivity contribution is 0.0692. The molecule has 1 aromatic heterocycles. The largest absolute Gasteiger partial charge is 0.467 e. The number of hydrazone groups is 1. The summed E-state index contributed by atoms with van der Waals surface area (Å²) in [5.41, 5.74) is 3.55. The van der Waals surface area contributed by atoms with E-state index in [9.17, 15) is 4.79 Å². The molecule has 1 aliphatic heterocycles. The Morgan fingerprint density at radius 3 is 2.65 bits per heavy atom. The van der Waals surface area contributed by atoms with E-state index < -0.39 is 0 Å². The molecule has 0 aliphatic carbocycles. The minimum Gasteiger partial charge on any atom is -0.467 e. The van der Waals surface area contributed by atoms with Gasteiger partial charge in [-0.05, 0) is 48.9 Å². The standard InChI is InChI=1S/C21H17BrN2O2/c1-14-4-2-5-16(12-14)21(25)24-19(20-6-3-11-26-20)13-18(23-24)15-7-9-17(22)10-8-15/h2-12,19H,13H2,1H3/t19-/m1/s1. The van der Waals surface area contributed by atoms with Crippen molar-refractivity contribution in [2.45, 2.75) is 19.4 Å². The summed E-state index contributed by atoms with van der Waals surface area (Å²) in [6, 6.07) is 19.0. The number of halogens is 1. The highest BCUT2D eigenvalue weighted by atomic mass is 79.9. The number of nitrogens with zero attached hydrogens (tertiary/aromatic N) is 2. The molecule has 2 aromatic carbocycles. The molecule has 0 spiro atoms. The molecule has 130 valence electrons. The fourth-order valence-corrected chi connectivity index (χ4v) is 3.39. The van der Waals surface area contributed by atoms with Crippen LogP contribution >= 0.6 is 15.9 Å². The number of aryl methyl sites for hydroxylation is 1. The first-order valence-electron chi connectivity index (χ1n) is 8.39. The van der Waals surface area contributed by atoms with Crippen LogP contribution in [0.2, 0.25) is 0 Å². The van der Waals surface area contributed by atoms with Crippen molar-refractivity contribution in [3.05, 3.63) is 93.9 Å². The Bertz CT molecular complexity index is 962. The predicted octanol–water partition coefficient (Wildman–Crippen LogP) is 5.34. The summed E-state index contributed by atoms with van der Waals surface area (Å²) in [5, 5.41) is 6.20. The average molecular weight is 409 g/mol. The summed E-state index contributed by atoms with van der Waals surface area (Å²) >= 11 is 3.45. The summed E-state index contributed by atoms with van der Waals surface area (Å²) in [4.78, 5) is 13.1. The third kappa shape index (κ3) is 3.22. The van der Waals surface area contributed by atoms with Crippen molar-refractivity contribution in [3.8, 4) is 0 Å². The van der Waals surface area contributed by atoms with Crippen LogP contribution in [0.3, 0.4) is 0 Å². The average Bonchev–Trinajstić information content (AvgIpc) is 3.31. The van der Waals surface area contributed by atoms with Crippen molar-refractivity contribution in [2.24, 2.45) is 5.10 Å². The topological polar surface area (TPSA) is 45.8 Å². The Morgan fingerprint density at radius 2 is 1.96 bits per heavy atom. The van der Waals surface area contributed by atoms with Gasteiger partial charge in [0, 0.05) is 16.5 Å². The van der Waals surface area contributed by atoms with Gasteiger partial charge in [0.05, 0.1) is 12.0 Å². The maximum atomic E-state index is 13.1. The molecule has 1 amide bonds. The molecule has 4 rings (SSSR count). The molecule has 1 aliphatic rings. The summed E-state index contributed by atoms with van der Waals surface area (Å²) in [7, 11) is 0. The van der Waals surface area contributed by atoms with E-state index in [0.717, 1.165) is 27.1 Å². The van der Waals surface area contributed by atoms with Crippen LogP contribution in [-0.4, -0.2) is 16.6 Å². The van der Waals surface area contributed by atoms with Gasteiger partial charge in [0.15, 0.2) is 0 Å². The van der Waals surface area contributed by atoms with Crippen LogP contribution < -0.4 is 0 Å². The minimum absolute atomic E-state index is 0.123. The van der Waals surface area contributed by atoms with Crippen LogP contribution in [0.4, 0.5) is 0 Å². The van der Waals surface area contributed by atoms with Crippen molar-refractivity contribution >= 4 is 27.5 Å². The molecule has 3 aromatic rings. The first-order chi connectivity index (χ1) is 12.6. The number of carbonyl (C=O) groups excluding carboxylic acids is 1. The van der Waals surface area contributed by atoms with Gasteiger partial charge in [-0.1, -0.05) is 45.8 Å². The monoisotopic (exact) mass is 408 g/mol. The Labute approximate surface area is 160 Å². The lowest BCUT2D eigenvalue weighted by atomic mass is 10.0.